The first-order valence-corrected chi connectivity index (χ1v) is 8.78. The van der Waals surface area contributed by atoms with E-state index in [1.54, 1.807) is 18.2 Å². The molecule has 2 aromatic carbocycles. The van der Waals surface area contributed by atoms with Gasteiger partial charge in [-0.15, -0.1) is 0 Å². The summed E-state index contributed by atoms with van der Waals surface area (Å²) in [6.45, 7) is -0.0639. The van der Waals surface area contributed by atoms with Gasteiger partial charge in [0.05, 0.1) is 10.5 Å². The Hall–Kier alpha value is -2.60. The second-order valence-electron chi connectivity index (χ2n) is 5.09. The first-order chi connectivity index (χ1) is 10.9. The molecule has 0 spiro atoms. The maximum Gasteiger partial charge on any atom is 0.339 e. The van der Waals surface area contributed by atoms with E-state index < -0.39 is 15.8 Å². The first kappa shape index (κ1) is 15.3. The molecule has 23 heavy (non-hydrogen) atoms. The average molecular weight is 330 g/mol. The molecule has 6 heteroatoms. The van der Waals surface area contributed by atoms with E-state index in [-0.39, 0.29) is 17.1 Å². The molecular formula is C17H14O5S. The highest BCUT2D eigenvalue weighted by Crippen LogP contribution is 2.21. The Morgan fingerprint density at radius 3 is 2.52 bits per heavy atom. The van der Waals surface area contributed by atoms with Crippen molar-refractivity contribution in [2.45, 2.75) is 11.5 Å². The van der Waals surface area contributed by atoms with Gasteiger partial charge in [0.15, 0.2) is 9.84 Å². The van der Waals surface area contributed by atoms with Crippen molar-refractivity contribution in [2.75, 3.05) is 6.26 Å². The van der Waals surface area contributed by atoms with Crippen molar-refractivity contribution in [2.24, 2.45) is 0 Å². The Morgan fingerprint density at radius 2 is 1.78 bits per heavy atom. The fourth-order valence-corrected chi connectivity index (χ4v) is 3.16. The topological polar surface area (TPSA) is 73.6 Å². The number of carbonyl (C=O) groups is 1. The predicted octanol–water partition coefficient (Wildman–Crippen LogP) is 3.19. The van der Waals surface area contributed by atoms with Gasteiger partial charge in [0.25, 0.3) is 0 Å². The largest absolute Gasteiger partial charge is 0.457 e. The number of rotatable bonds is 4. The molecule has 0 unspecified atom stereocenters. The number of ether oxygens (including phenoxy) is 1. The van der Waals surface area contributed by atoms with Crippen LogP contribution in [0.2, 0.25) is 0 Å². The summed E-state index contributed by atoms with van der Waals surface area (Å²) in [5.74, 6) is -0.206. The standard InChI is InChI=1S/C17H14O5S/c1-23(19,20)16-9-5-3-7-14(16)17(18)21-11-13-10-12-6-2-4-8-15(12)22-13/h2-10H,11H2,1H3. The van der Waals surface area contributed by atoms with E-state index in [0.29, 0.717) is 11.3 Å². The van der Waals surface area contributed by atoms with Gasteiger partial charge in [0.1, 0.15) is 18.0 Å². The summed E-state index contributed by atoms with van der Waals surface area (Å²) in [5, 5.41) is 0.912. The number of fused-ring (bicyclic) bond motifs is 1. The Balaban J connectivity index is 1.80. The molecule has 0 radical (unpaired) electrons. The Bertz CT molecular complexity index is 936. The Labute approximate surface area is 133 Å². The fraction of sp³-hybridized carbons (Fsp3) is 0.118. The summed E-state index contributed by atoms with van der Waals surface area (Å²) >= 11 is 0. The zero-order valence-electron chi connectivity index (χ0n) is 12.4. The molecule has 0 saturated heterocycles. The molecule has 5 nitrogen and oxygen atoms in total. The summed E-state index contributed by atoms with van der Waals surface area (Å²) in [6, 6.07) is 15.2. The quantitative estimate of drug-likeness (QED) is 0.687. The smallest absolute Gasteiger partial charge is 0.339 e. The molecule has 0 fully saturated rings. The number of sulfone groups is 1. The maximum absolute atomic E-state index is 12.2. The summed E-state index contributed by atoms with van der Waals surface area (Å²) < 4.78 is 34.2. The Morgan fingerprint density at radius 1 is 1.09 bits per heavy atom. The van der Waals surface area contributed by atoms with Crippen LogP contribution in [0.1, 0.15) is 16.1 Å². The lowest BCUT2D eigenvalue weighted by atomic mass is 10.2. The minimum absolute atomic E-state index is 0.0195. The minimum Gasteiger partial charge on any atom is -0.457 e. The van der Waals surface area contributed by atoms with Gasteiger partial charge in [-0.25, -0.2) is 13.2 Å². The molecule has 1 heterocycles. The van der Waals surface area contributed by atoms with Gasteiger partial charge in [-0.3, -0.25) is 0 Å². The van der Waals surface area contributed by atoms with E-state index in [9.17, 15) is 13.2 Å². The van der Waals surface area contributed by atoms with Crippen LogP contribution in [0.15, 0.2) is 63.9 Å². The second-order valence-corrected chi connectivity index (χ2v) is 7.08. The molecule has 0 bridgehead atoms. The molecule has 118 valence electrons. The van der Waals surface area contributed by atoms with Gasteiger partial charge in [-0.2, -0.15) is 0 Å². The average Bonchev–Trinajstić information content (AvgIpc) is 2.94. The van der Waals surface area contributed by atoms with Gasteiger partial charge in [-0.05, 0) is 24.3 Å². The number of para-hydroxylation sites is 1. The summed E-state index contributed by atoms with van der Waals surface area (Å²) in [7, 11) is -3.51. The number of benzene rings is 2. The van der Waals surface area contributed by atoms with Crippen molar-refractivity contribution in [3.8, 4) is 0 Å². The zero-order chi connectivity index (χ0) is 16.4. The van der Waals surface area contributed by atoms with Crippen LogP contribution in [0.5, 0.6) is 0 Å². The third-order valence-electron chi connectivity index (χ3n) is 3.33. The van der Waals surface area contributed by atoms with Crippen molar-refractivity contribution in [3.63, 3.8) is 0 Å². The van der Waals surface area contributed by atoms with Crippen LogP contribution in [-0.2, 0) is 21.2 Å². The lowest BCUT2D eigenvalue weighted by Crippen LogP contribution is -2.11. The molecule has 0 aliphatic rings. The van der Waals surface area contributed by atoms with Crippen molar-refractivity contribution in [3.05, 3.63) is 65.9 Å². The molecule has 0 aliphatic carbocycles. The minimum atomic E-state index is -3.51. The summed E-state index contributed by atoms with van der Waals surface area (Å²) in [6.07, 6.45) is 1.05. The van der Waals surface area contributed by atoms with Crippen LogP contribution in [0.25, 0.3) is 11.0 Å². The van der Waals surface area contributed by atoms with Gasteiger partial charge in [0.2, 0.25) is 0 Å². The van der Waals surface area contributed by atoms with Crippen LogP contribution in [-0.4, -0.2) is 20.6 Å². The highest BCUT2D eigenvalue weighted by atomic mass is 32.2. The van der Waals surface area contributed by atoms with E-state index in [2.05, 4.69) is 0 Å². The molecule has 3 aromatic rings. The third-order valence-corrected chi connectivity index (χ3v) is 4.48. The molecular weight excluding hydrogens is 316 g/mol. The molecule has 1 aromatic heterocycles. The van der Waals surface area contributed by atoms with Crippen LogP contribution >= 0.6 is 0 Å². The lowest BCUT2D eigenvalue weighted by Gasteiger charge is -2.07. The van der Waals surface area contributed by atoms with E-state index >= 15 is 0 Å². The highest BCUT2D eigenvalue weighted by molar-refractivity contribution is 7.90. The van der Waals surface area contributed by atoms with E-state index in [4.69, 9.17) is 9.15 Å². The number of esters is 1. The molecule has 0 amide bonds. The fourth-order valence-electron chi connectivity index (χ4n) is 2.28. The normalized spacial score (nSPS) is 11.5. The van der Waals surface area contributed by atoms with E-state index in [0.717, 1.165) is 11.6 Å². The van der Waals surface area contributed by atoms with Gasteiger partial charge in [0, 0.05) is 11.6 Å². The number of furan rings is 1. The third kappa shape index (κ3) is 3.27. The first-order valence-electron chi connectivity index (χ1n) is 6.89. The van der Waals surface area contributed by atoms with Crippen LogP contribution in [0.3, 0.4) is 0 Å². The van der Waals surface area contributed by atoms with Gasteiger partial charge in [-0.1, -0.05) is 30.3 Å². The number of carbonyl (C=O) groups excluding carboxylic acids is 1. The molecule has 0 N–H and O–H groups in total. The van der Waals surface area contributed by atoms with Crippen LogP contribution in [0, 0.1) is 0 Å². The Kier molecular flexibility index (Phi) is 3.92. The predicted molar refractivity (Wildman–Crippen MR) is 84.9 cm³/mol. The van der Waals surface area contributed by atoms with Crippen molar-refractivity contribution in [1.29, 1.82) is 0 Å². The monoisotopic (exact) mass is 330 g/mol. The number of hydrogen-bond donors (Lipinski definition) is 0. The summed E-state index contributed by atoms with van der Waals surface area (Å²) in [4.78, 5) is 12.1. The highest BCUT2D eigenvalue weighted by Gasteiger charge is 2.19. The van der Waals surface area contributed by atoms with E-state index in [1.807, 2.05) is 24.3 Å². The summed E-state index contributed by atoms with van der Waals surface area (Å²) in [5.41, 5.74) is 0.723. The van der Waals surface area contributed by atoms with Gasteiger partial charge < -0.3 is 9.15 Å². The van der Waals surface area contributed by atoms with Crippen molar-refractivity contribution >= 4 is 26.8 Å². The molecule has 0 atom stereocenters. The lowest BCUT2D eigenvalue weighted by molar-refractivity contribution is 0.0443. The molecule has 3 rings (SSSR count). The van der Waals surface area contributed by atoms with Crippen molar-refractivity contribution in [1.82, 2.24) is 0 Å². The zero-order valence-corrected chi connectivity index (χ0v) is 13.2. The molecule has 0 saturated carbocycles. The van der Waals surface area contributed by atoms with Crippen LogP contribution in [0.4, 0.5) is 0 Å². The van der Waals surface area contributed by atoms with E-state index in [1.165, 1.54) is 12.1 Å². The number of hydrogen-bond acceptors (Lipinski definition) is 5. The maximum atomic E-state index is 12.2. The molecule has 0 aliphatic heterocycles. The van der Waals surface area contributed by atoms with Gasteiger partial charge >= 0.3 is 5.97 Å². The van der Waals surface area contributed by atoms with Crippen LogP contribution < -0.4 is 0 Å². The SMILES string of the molecule is CS(=O)(=O)c1ccccc1C(=O)OCc1cc2ccccc2o1. The second kappa shape index (κ2) is 5.89. The van der Waals surface area contributed by atoms with Crippen molar-refractivity contribution < 1.29 is 22.4 Å².